The monoisotopic (exact) mass is 327 g/mol. The van der Waals surface area contributed by atoms with E-state index in [2.05, 4.69) is 0 Å². The molecule has 0 radical (unpaired) electrons. The molecule has 1 fully saturated rings. The molecular formula is C17H33N3O3. The molecule has 0 saturated carbocycles. The third-order valence-electron chi connectivity index (χ3n) is 4.17. The quantitative estimate of drug-likeness (QED) is 0.857. The van der Waals surface area contributed by atoms with Crippen molar-refractivity contribution in [1.82, 2.24) is 9.80 Å². The van der Waals surface area contributed by atoms with Crippen LogP contribution in [0.1, 0.15) is 47.5 Å². The second-order valence-electron chi connectivity index (χ2n) is 7.90. The van der Waals surface area contributed by atoms with Gasteiger partial charge in [-0.3, -0.25) is 4.79 Å². The van der Waals surface area contributed by atoms with E-state index in [4.69, 9.17) is 10.5 Å². The van der Waals surface area contributed by atoms with Crippen molar-refractivity contribution >= 4 is 12.0 Å². The van der Waals surface area contributed by atoms with Crippen LogP contribution in [0.2, 0.25) is 0 Å². The topological polar surface area (TPSA) is 75.9 Å². The first-order valence-electron chi connectivity index (χ1n) is 8.49. The van der Waals surface area contributed by atoms with E-state index in [9.17, 15) is 9.59 Å². The summed E-state index contributed by atoms with van der Waals surface area (Å²) < 4.78 is 5.36. The van der Waals surface area contributed by atoms with Crippen molar-refractivity contribution in [3.05, 3.63) is 0 Å². The molecule has 6 heteroatoms. The van der Waals surface area contributed by atoms with Gasteiger partial charge in [0, 0.05) is 26.7 Å². The number of nitrogens with two attached hydrogens (primary N) is 1. The van der Waals surface area contributed by atoms with Crippen molar-refractivity contribution in [3.8, 4) is 0 Å². The molecule has 1 atom stereocenters. The van der Waals surface area contributed by atoms with Crippen molar-refractivity contribution in [1.29, 1.82) is 0 Å². The number of amides is 2. The summed E-state index contributed by atoms with van der Waals surface area (Å²) in [6, 6.07) is -0.420. The van der Waals surface area contributed by atoms with Crippen LogP contribution in [0.4, 0.5) is 4.79 Å². The normalized spacial score (nSPS) is 18.0. The second kappa shape index (κ2) is 7.99. The standard InChI is InChI=1S/C17H33N3O3/c1-12(2)14(18)15(21)20-9-7-13(8-10-20)11-19(6)16(22)23-17(3,4)5/h12-14H,7-11,18H2,1-6H3. The number of likely N-dealkylation sites (tertiary alicyclic amines) is 1. The Hall–Kier alpha value is -1.30. The van der Waals surface area contributed by atoms with Crippen LogP contribution in [-0.4, -0.2) is 60.1 Å². The molecule has 0 aromatic rings. The minimum Gasteiger partial charge on any atom is -0.444 e. The third kappa shape index (κ3) is 6.37. The maximum Gasteiger partial charge on any atom is 0.410 e. The Kier molecular flexibility index (Phi) is 6.86. The van der Waals surface area contributed by atoms with Crippen molar-refractivity contribution in [2.75, 3.05) is 26.7 Å². The van der Waals surface area contributed by atoms with E-state index < -0.39 is 11.6 Å². The molecule has 2 amide bonds. The van der Waals surface area contributed by atoms with Crippen LogP contribution in [-0.2, 0) is 9.53 Å². The summed E-state index contributed by atoms with van der Waals surface area (Å²) in [6.07, 6.45) is 1.49. The summed E-state index contributed by atoms with van der Waals surface area (Å²) >= 11 is 0. The summed E-state index contributed by atoms with van der Waals surface area (Å²) in [5, 5.41) is 0. The molecule has 1 aliphatic rings. The second-order valence-corrected chi connectivity index (χ2v) is 7.90. The smallest absolute Gasteiger partial charge is 0.410 e. The Labute approximate surface area is 140 Å². The van der Waals surface area contributed by atoms with Crippen LogP contribution in [0.5, 0.6) is 0 Å². The predicted molar refractivity (Wildman–Crippen MR) is 91.0 cm³/mol. The van der Waals surface area contributed by atoms with Gasteiger partial charge in [-0.1, -0.05) is 13.8 Å². The highest BCUT2D eigenvalue weighted by molar-refractivity contribution is 5.82. The Morgan fingerprint density at radius 1 is 1.26 bits per heavy atom. The lowest BCUT2D eigenvalue weighted by Crippen LogP contribution is -2.50. The van der Waals surface area contributed by atoms with Crippen LogP contribution >= 0.6 is 0 Å². The fourth-order valence-electron chi connectivity index (χ4n) is 2.63. The Bertz CT molecular complexity index is 410. The lowest BCUT2D eigenvalue weighted by atomic mass is 9.95. The van der Waals surface area contributed by atoms with Gasteiger partial charge < -0.3 is 20.3 Å². The maximum absolute atomic E-state index is 12.2. The minimum absolute atomic E-state index is 0.0407. The molecule has 1 aliphatic heterocycles. The summed E-state index contributed by atoms with van der Waals surface area (Å²) in [4.78, 5) is 27.7. The van der Waals surface area contributed by atoms with Crippen molar-refractivity contribution in [3.63, 3.8) is 0 Å². The molecule has 0 bridgehead atoms. The average Bonchev–Trinajstić information content (AvgIpc) is 2.44. The molecule has 1 heterocycles. The number of hydrogen-bond donors (Lipinski definition) is 1. The number of nitrogens with zero attached hydrogens (tertiary/aromatic N) is 2. The highest BCUT2D eigenvalue weighted by atomic mass is 16.6. The lowest BCUT2D eigenvalue weighted by molar-refractivity contribution is -0.135. The molecular weight excluding hydrogens is 294 g/mol. The van der Waals surface area contributed by atoms with Gasteiger partial charge in [0.2, 0.25) is 5.91 Å². The predicted octanol–water partition coefficient (Wildman–Crippen LogP) is 2.08. The van der Waals surface area contributed by atoms with Gasteiger partial charge in [-0.15, -0.1) is 0 Å². The fourth-order valence-corrected chi connectivity index (χ4v) is 2.63. The Morgan fingerprint density at radius 2 is 1.78 bits per heavy atom. The highest BCUT2D eigenvalue weighted by Gasteiger charge is 2.29. The van der Waals surface area contributed by atoms with Crippen LogP contribution in [0.15, 0.2) is 0 Å². The zero-order valence-electron chi connectivity index (χ0n) is 15.5. The minimum atomic E-state index is -0.478. The third-order valence-corrected chi connectivity index (χ3v) is 4.17. The molecule has 0 aromatic heterocycles. The van der Waals surface area contributed by atoms with E-state index in [1.807, 2.05) is 39.5 Å². The number of carbonyl (C=O) groups is 2. The van der Waals surface area contributed by atoms with E-state index in [-0.39, 0.29) is 17.9 Å². The molecule has 1 unspecified atom stereocenters. The van der Waals surface area contributed by atoms with E-state index in [1.165, 1.54) is 0 Å². The maximum atomic E-state index is 12.2. The van der Waals surface area contributed by atoms with E-state index in [0.717, 1.165) is 12.8 Å². The van der Waals surface area contributed by atoms with Gasteiger partial charge in [-0.25, -0.2) is 4.79 Å². The molecule has 1 saturated heterocycles. The summed E-state index contributed by atoms with van der Waals surface area (Å²) in [7, 11) is 1.76. The first-order valence-corrected chi connectivity index (χ1v) is 8.49. The first kappa shape index (κ1) is 19.7. The number of piperidine rings is 1. The number of ether oxygens (including phenoxy) is 1. The molecule has 6 nitrogen and oxygen atoms in total. The number of rotatable bonds is 4. The van der Waals surface area contributed by atoms with Gasteiger partial charge in [0.25, 0.3) is 0 Å². The molecule has 0 spiro atoms. The number of hydrogen-bond acceptors (Lipinski definition) is 4. The highest BCUT2D eigenvalue weighted by Crippen LogP contribution is 2.20. The van der Waals surface area contributed by atoms with Gasteiger partial charge in [-0.2, -0.15) is 0 Å². The van der Waals surface area contributed by atoms with Crippen LogP contribution in [0.3, 0.4) is 0 Å². The summed E-state index contributed by atoms with van der Waals surface area (Å²) in [6.45, 7) is 11.6. The average molecular weight is 327 g/mol. The van der Waals surface area contributed by atoms with Crippen molar-refractivity contribution < 1.29 is 14.3 Å². The van der Waals surface area contributed by atoms with Gasteiger partial charge in [0.1, 0.15) is 5.60 Å². The van der Waals surface area contributed by atoms with Crippen LogP contribution in [0, 0.1) is 11.8 Å². The SMILES string of the molecule is CC(C)C(N)C(=O)N1CCC(CN(C)C(=O)OC(C)(C)C)CC1. The van der Waals surface area contributed by atoms with Crippen molar-refractivity contribution in [2.24, 2.45) is 17.6 Å². The van der Waals surface area contributed by atoms with E-state index in [1.54, 1.807) is 11.9 Å². The van der Waals surface area contributed by atoms with Crippen LogP contribution in [0.25, 0.3) is 0 Å². The molecule has 2 N–H and O–H groups in total. The molecule has 1 rings (SSSR count). The van der Waals surface area contributed by atoms with Gasteiger partial charge in [-0.05, 0) is 45.4 Å². The van der Waals surface area contributed by atoms with Crippen molar-refractivity contribution in [2.45, 2.75) is 59.1 Å². The Balaban J connectivity index is 2.42. The molecule has 134 valence electrons. The fraction of sp³-hybridized carbons (Fsp3) is 0.882. The lowest BCUT2D eigenvalue weighted by Gasteiger charge is -2.35. The molecule has 0 aliphatic carbocycles. The Morgan fingerprint density at radius 3 is 2.22 bits per heavy atom. The molecule has 23 heavy (non-hydrogen) atoms. The zero-order chi connectivity index (χ0) is 17.8. The first-order chi connectivity index (χ1) is 10.5. The van der Waals surface area contributed by atoms with Gasteiger partial charge >= 0.3 is 6.09 Å². The molecule has 0 aromatic carbocycles. The van der Waals surface area contributed by atoms with Gasteiger partial charge in [0.15, 0.2) is 0 Å². The number of carbonyl (C=O) groups excluding carboxylic acids is 2. The summed E-state index contributed by atoms with van der Waals surface area (Å²) in [5.41, 5.74) is 5.47. The zero-order valence-corrected chi connectivity index (χ0v) is 15.5. The largest absolute Gasteiger partial charge is 0.444 e. The van der Waals surface area contributed by atoms with E-state index in [0.29, 0.717) is 25.6 Å². The van der Waals surface area contributed by atoms with Crippen LogP contribution < -0.4 is 5.73 Å². The van der Waals surface area contributed by atoms with Gasteiger partial charge in [0.05, 0.1) is 6.04 Å². The summed E-state index contributed by atoms with van der Waals surface area (Å²) in [5.74, 6) is 0.587. The van der Waals surface area contributed by atoms with E-state index >= 15 is 0 Å².